The molecule has 0 N–H and O–H groups in total. The molecule has 1 aromatic heterocycles. The highest BCUT2D eigenvalue weighted by Gasteiger charge is 2.22. The quantitative estimate of drug-likeness (QED) is 0.755. The third-order valence-corrected chi connectivity index (χ3v) is 3.59. The smallest absolute Gasteiger partial charge is 0.184 e. The minimum atomic E-state index is 0.161. The van der Waals surface area contributed by atoms with Crippen LogP contribution in [0.3, 0.4) is 0 Å². The van der Waals surface area contributed by atoms with Crippen LogP contribution in [0, 0.1) is 5.92 Å². The molecule has 17 heavy (non-hydrogen) atoms. The van der Waals surface area contributed by atoms with E-state index in [0.717, 1.165) is 0 Å². The number of carbonyl (C=O) groups excluding carboxylic acids is 1. The van der Waals surface area contributed by atoms with Crippen LogP contribution >= 0.6 is 0 Å². The Balaban J connectivity index is 2.05. The van der Waals surface area contributed by atoms with Gasteiger partial charge < -0.3 is 4.74 Å². The second kappa shape index (κ2) is 5.34. The zero-order valence-corrected chi connectivity index (χ0v) is 10.6. The van der Waals surface area contributed by atoms with Gasteiger partial charge in [0.05, 0.1) is 13.3 Å². The zero-order chi connectivity index (χ0) is 12.3. The predicted octanol–water partition coefficient (Wildman–Crippen LogP) is 2.58. The number of hydrogen-bond acceptors (Lipinski definition) is 3. The average Bonchev–Trinajstić information content (AvgIpc) is 2.71. The van der Waals surface area contributed by atoms with Crippen LogP contribution in [0.5, 0.6) is 5.75 Å². The lowest BCUT2D eigenvalue weighted by molar-refractivity contribution is 0.0938. The molecule has 0 atom stereocenters. The number of hydrogen-bond donors (Lipinski definition) is 0. The number of ether oxygens (including phenoxy) is 1. The summed E-state index contributed by atoms with van der Waals surface area (Å²) in [5.74, 6) is 1.30. The van der Waals surface area contributed by atoms with Crippen molar-refractivity contribution < 1.29 is 9.53 Å². The van der Waals surface area contributed by atoms with E-state index >= 15 is 0 Å². The maximum Gasteiger partial charge on any atom is 0.184 e. The van der Waals surface area contributed by atoms with E-state index in [9.17, 15) is 4.79 Å². The van der Waals surface area contributed by atoms with E-state index in [2.05, 4.69) is 5.10 Å². The SMILES string of the molecule is COc1cnn(C)c1C(=O)CC1CCCCC1. The molecule has 94 valence electrons. The van der Waals surface area contributed by atoms with Crippen molar-refractivity contribution in [2.24, 2.45) is 13.0 Å². The summed E-state index contributed by atoms with van der Waals surface area (Å²) in [4.78, 5) is 12.2. The van der Waals surface area contributed by atoms with Gasteiger partial charge in [-0.2, -0.15) is 5.10 Å². The Labute approximate surface area is 102 Å². The Kier molecular flexibility index (Phi) is 3.82. The summed E-state index contributed by atoms with van der Waals surface area (Å²) in [6, 6.07) is 0. The van der Waals surface area contributed by atoms with Crippen LogP contribution in [0.25, 0.3) is 0 Å². The molecule has 2 rings (SSSR count). The molecule has 0 radical (unpaired) electrons. The summed E-state index contributed by atoms with van der Waals surface area (Å²) in [6.45, 7) is 0. The minimum absolute atomic E-state index is 0.161. The molecular weight excluding hydrogens is 216 g/mol. The summed E-state index contributed by atoms with van der Waals surface area (Å²) in [6.07, 6.45) is 8.46. The van der Waals surface area contributed by atoms with Gasteiger partial charge in [-0.15, -0.1) is 0 Å². The minimum Gasteiger partial charge on any atom is -0.493 e. The van der Waals surface area contributed by atoms with Gasteiger partial charge in [0.1, 0.15) is 5.69 Å². The van der Waals surface area contributed by atoms with E-state index in [0.29, 0.717) is 23.8 Å². The number of aryl methyl sites for hydroxylation is 1. The van der Waals surface area contributed by atoms with Crippen molar-refractivity contribution in [1.29, 1.82) is 0 Å². The highest BCUT2D eigenvalue weighted by atomic mass is 16.5. The number of carbonyl (C=O) groups is 1. The number of ketones is 1. The molecule has 1 fully saturated rings. The van der Waals surface area contributed by atoms with Crippen LogP contribution in [-0.2, 0) is 7.05 Å². The van der Waals surface area contributed by atoms with Crippen molar-refractivity contribution in [2.45, 2.75) is 38.5 Å². The number of methoxy groups -OCH3 is 1. The Morgan fingerprint density at radius 2 is 2.18 bits per heavy atom. The van der Waals surface area contributed by atoms with Crippen LogP contribution in [0.1, 0.15) is 49.0 Å². The van der Waals surface area contributed by atoms with E-state index in [1.54, 1.807) is 25.0 Å². The van der Waals surface area contributed by atoms with Crippen molar-refractivity contribution in [3.63, 3.8) is 0 Å². The molecule has 0 spiro atoms. The van der Waals surface area contributed by atoms with E-state index < -0.39 is 0 Å². The number of Topliss-reactive ketones (excluding diaryl/α,β-unsaturated/α-hetero) is 1. The van der Waals surface area contributed by atoms with Gasteiger partial charge in [0.25, 0.3) is 0 Å². The molecule has 1 heterocycles. The second-order valence-corrected chi connectivity index (χ2v) is 4.82. The van der Waals surface area contributed by atoms with Crippen LogP contribution in [0.4, 0.5) is 0 Å². The van der Waals surface area contributed by atoms with Crippen LogP contribution < -0.4 is 4.74 Å². The first-order chi connectivity index (χ1) is 8.22. The van der Waals surface area contributed by atoms with Gasteiger partial charge in [0.15, 0.2) is 11.5 Å². The second-order valence-electron chi connectivity index (χ2n) is 4.82. The Bertz CT molecular complexity index is 392. The predicted molar refractivity (Wildman–Crippen MR) is 65.3 cm³/mol. The van der Waals surface area contributed by atoms with E-state index in [1.807, 2.05) is 0 Å². The summed E-state index contributed by atoms with van der Waals surface area (Å²) in [7, 11) is 3.37. The van der Waals surface area contributed by atoms with Crippen molar-refractivity contribution in [3.8, 4) is 5.75 Å². The first kappa shape index (κ1) is 12.1. The highest BCUT2D eigenvalue weighted by molar-refractivity contribution is 5.97. The van der Waals surface area contributed by atoms with Crippen LogP contribution in [-0.4, -0.2) is 22.7 Å². The molecule has 0 unspecified atom stereocenters. The average molecular weight is 236 g/mol. The molecule has 0 saturated heterocycles. The molecule has 4 nitrogen and oxygen atoms in total. The third kappa shape index (κ3) is 2.68. The fraction of sp³-hybridized carbons (Fsp3) is 0.692. The van der Waals surface area contributed by atoms with Gasteiger partial charge in [-0.3, -0.25) is 9.48 Å². The molecule has 0 aliphatic heterocycles. The van der Waals surface area contributed by atoms with Crippen molar-refractivity contribution >= 4 is 5.78 Å². The van der Waals surface area contributed by atoms with Gasteiger partial charge in [0, 0.05) is 13.5 Å². The molecule has 1 saturated carbocycles. The third-order valence-electron chi connectivity index (χ3n) is 3.59. The van der Waals surface area contributed by atoms with Gasteiger partial charge in [-0.05, 0) is 5.92 Å². The first-order valence-electron chi connectivity index (χ1n) is 6.31. The monoisotopic (exact) mass is 236 g/mol. The largest absolute Gasteiger partial charge is 0.493 e. The number of rotatable bonds is 4. The summed E-state index contributed by atoms with van der Waals surface area (Å²) in [5.41, 5.74) is 0.609. The van der Waals surface area contributed by atoms with Gasteiger partial charge in [-0.1, -0.05) is 32.1 Å². The van der Waals surface area contributed by atoms with Crippen molar-refractivity contribution in [3.05, 3.63) is 11.9 Å². The van der Waals surface area contributed by atoms with Gasteiger partial charge in [-0.25, -0.2) is 0 Å². The topological polar surface area (TPSA) is 44.1 Å². The standard InChI is InChI=1S/C13H20N2O2/c1-15-13(12(17-2)9-14-15)11(16)8-10-6-4-3-5-7-10/h9-10H,3-8H2,1-2H3. The van der Waals surface area contributed by atoms with Gasteiger partial charge >= 0.3 is 0 Å². The molecule has 0 amide bonds. The van der Waals surface area contributed by atoms with E-state index in [4.69, 9.17) is 4.74 Å². The van der Waals surface area contributed by atoms with Crippen LogP contribution in [0.15, 0.2) is 6.20 Å². The normalized spacial score (nSPS) is 17.1. The van der Waals surface area contributed by atoms with Crippen LogP contribution in [0.2, 0.25) is 0 Å². The van der Waals surface area contributed by atoms with Crippen molar-refractivity contribution in [2.75, 3.05) is 7.11 Å². The van der Waals surface area contributed by atoms with Gasteiger partial charge in [0.2, 0.25) is 0 Å². The highest BCUT2D eigenvalue weighted by Crippen LogP contribution is 2.29. The van der Waals surface area contributed by atoms with Crippen molar-refractivity contribution in [1.82, 2.24) is 9.78 Å². The Morgan fingerprint density at radius 3 is 2.82 bits per heavy atom. The summed E-state index contributed by atoms with van der Waals surface area (Å²) in [5, 5.41) is 4.07. The van der Waals surface area contributed by atoms with E-state index in [-0.39, 0.29) is 5.78 Å². The molecule has 0 bridgehead atoms. The lowest BCUT2D eigenvalue weighted by Gasteiger charge is -2.20. The maximum absolute atomic E-state index is 12.2. The molecule has 0 aromatic carbocycles. The first-order valence-corrected chi connectivity index (χ1v) is 6.31. The molecule has 1 aliphatic rings. The number of nitrogens with zero attached hydrogens (tertiary/aromatic N) is 2. The zero-order valence-electron chi connectivity index (χ0n) is 10.6. The summed E-state index contributed by atoms with van der Waals surface area (Å²) < 4.78 is 6.79. The summed E-state index contributed by atoms with van der Waals surface area (Å²) >= 11 is 0. The molecule has 1 aliphatic carbocycles. The number of aromatic nitrogens is 2. The molecular formula is C13H20N2O2. The lowest BCUT2D eigenvalue weighted by Crippen LogP contribution is -2.15. The van der Waals surface area contributed by atoms with E-state index in [1.165, 1.54) is 32.1 Å². The molecule has 1 aromatic rings. The lowest BCUT2D eigenvalue weighted by atomic mass is 9.85. The molecule has 4 heteroatoms. The fourth-order valence-corrected chi connectivity index (χ4v) is 2.63. The Hall–Kier alpha value is -1.32. The maximum atomic E-state index is 12.2. The fourth-order valence-electron chi connectivity index (χ4n) is 2.63. The Morgan fingerprint density at radius 1 is 1.47 bits per heavy atom.